The molecule has 4 nitrogen and oxygen atoms in total. The molecule has 2 aromatic heterocycles. The van der Waals surface area contributed by atoms with Crippen LogP contribution in [-0.4, -0.2) is 16.0 Å². The number of nitrogens with zero attached hydrogens (tertiary/aromatic N) is 1. The summed E-state index contributed by atoms with van der Waals surface area (Å²) in [4.78, 5) is 17.7. The molecule has 0 saturated carbocycles. The predicted octanol–water partition coefficient (Wildman–Crippen LogP) is 5.39. The Labute approximate surface area is 169 Å². The van der Waals surface area contributed by atoms with Crippen molar-refractivity contribution in [3.05, 3.63) is 82.1 Å². The molecule has 28 heavy (non-hydrogen) atoms. The van der Waals surface area contributed by atoms with Crippen molar-refractivity contribution in [3.8, 4) is 16.2 Å². The van der Waals surface area contributed by atoms with E-state index in [9.17, 15) is 14.3 Å². The number of benzene rings is 2. The SMILES string of the molecule is O=C(NCc1ccc(Cl)cc1)c1cnc2c(-c3cccs3)cc(F)cc2c1O. The Kier molecular flexibility index (Phi) is 4.98. The van der Waals surface area contributed by atoms with Gasteiger partial charge in [0.2, 0.25) is 0 Å². The van der Waals surface area contributed by atoms with Crippen LogP contribution in [0.25, 0.3) is 21.3 Å². The van der Waals surface area contributed by atoms with Crippen molar-refractivity contribution < 1.29 is 14.3 Å². The summed E-state index contributed by atoms with van der Waals surface area (Å²) in [7, 11) is 0. The zero-order valence-electron chi connectivity index (χ0n) is 14.4. The number of pyridine rings is 1. The number of hydrogen-bond donors (Lipinski definition) is 2. The Balaban J connectivity index is 1.67. The first-order chi connectivity index (χ1) is 13.5. The van der Waals surface area contributed by atoms with E-state index < -0.39 is 11.7 Å². The molecule has 0 unspecified atom stereocenters. The Morgan fingerprint density at radius 2 is 2.00 bits per heavy atom. The minimum Gasteiger partial charge on any atom is -0.506 e. The van der Waals surface area contributed by atoms with E-state index in [1.807, 2.05) is 17.5 Å². The zero-order chi connectivity index (χ0) is 19.7. The van der Waals surface area contributed by atoms with E-state index in [2.05, 4.69) is 10.3 Å². The summed E-state index contributed by atoms with van der Waals surface area (Å²) in [6, 6.07) is 13.3. The maximum Gasteiger partial charge on any atom is 0.256 e. The molecule has 2 heterocycles. The molecule has 4 aromatic rings. The van der Waals surface area contributed by atoms with Crippen LogP contribution in [-0.2, 0) is 6.54 Å². The number of aromatic nitrogens is 1. The van der Waals surface area contributed by atoms with E-state index in [0.717, 1.165) is 10.4 Å². The summed E-state index contributed by atoms with van der Waals surface area (Å²) >= 11 is 7.30. The summed E-state index contributed by atoms with van der Waals surface area (Å²) in [6.07, 6.45) is 1.31. The van der Waals surface area contributed by atoms with Gasteiger partial charge in [-0.05, 0) is 41.3 Å². The lowest BCUT2D eigenvalue weighted by molar-refractivity contribution is 0.0948. The van der Waals surface area contributed by atoms with Crippen molar-refractivity contribution in [1.82, 2.24) is 10.3 Å². The van der Waals surface area contributed by atoms with Gasteiger partial charge in [0.1, 0.15) is 17.1 Å². The Hall–Kier alpha value is -2.96. The van der Waals surface area contributed by atoms with Gasteiger partial charge in [-0.15, -0.1) is 11.3 Å². The third kappa shape index (κ3) is 3.56. The lowest BCUT2D eigenvalue weighted by Crippen LogP contribution is -2.23. The molecule has 140 valence electrons. The minimum atomic E-state index is -0.508. The number of hydrogen-bond acceptors (Lipinski definition) is 4. The van der Waals surface area contributed by atoms with Crippen LogP contribution in [0.2, 0.25) is 5.02 Å². The maximum absolute atomic E-state index is 14.2. The molecule has 1 amide bonds. The molecule has 0 radical (unpaired) electrons. The number of carbonyl (C=O) groups excluding carboxylic acids is 1. The highest BCUT2D eigenvalue weighted by Gasteiger charge is 2.18. The molecule has 0 spiro atoms. The van der Waals surface area contributed by atoms with Crippen LogP contribution in [0.4, 0.5) is 4.39 Å². The van der Waals surface area contributed by atoms with E-state index in [1.165, 1.54) is 29.7 Å². The normalized spacial score (nSPS) is 10.9. The highest BCUT2D eigenvalue weighted by atomic mass is 35.5. The third-order valence-corrected chi connectivity index (χ3v) is 5.46. The van der Waals surface area contributed by atoms with Crippen molar-refractivity contribution in [2.45, 2.75) is 6.54 Å². The second-order valence-electron chi connectivity index (χ2n) is 6.16. The summed E-state index contributed by atoms with van der Waals surface area (Å²) in [6.45, 7) is 0.261. The number of aromatic hydroxyl groups is 1. The lowest BCUT2D eigenvalue weighted by Gasteiger charge is -2.11. The van der Waals surface area contributed by atoms with Gasteiger partial charge in [0.05, 0.1) is 5.52 Å². The average Bonchev–Trinajstić information content (AvgIpc) is 3.22. The van der Waals surface area contributed by atoms with E-state index in [-0.39, 0.29) is 23.2 Å². The molecule has 2 aromatic carbocycles. The summed E-state index contributed by atoms with van der Waals surface area (Å²) in [5.74, 6) is -1.30. The molecule has 0 aliphatic carbocycles. The standard InChI is InChI=1S/C21H14ClFN2O2S/c22-13-5-3-12(4-6-13)10-25-21(27)17-11-24-19-15(18-2-1-7-28-18)8-14(23)9-16(19)20(17)26/h1-9,11H,10H2,(H,24,26)(H,25,27). The van der Waals surface area contributed by atoms with Gasteiger partial charge in [0.15, 0.2) is 0 Å². The number of amides is 1. The Morgan fingerprint density at radius 1 is 1.21 bits per heavy atom. The van der Waals surface area contributed by atoms with Crippen LogP contribution in [0.15, 0.2) is 60.1 Å². The van der Waals surface area contributed by atoms with Gasteiger partial charge in [-0.3, -0.25) is 9.78 Å². The molecule has 0 bridgehead atoms. The van der Waals surface area contributed by atoms with Crippen molar-refractivity contribution in [2.24, 2.45) is 0 Å². The summed E-state index contributed by atoms with van der Waals surface area (Å²) in [5.41, 5.74) is 1.87. The molecular formula is C21H14ClFN2O2S. The Morgan fingerprint density at radius 3 is 2.71 bits per heavy atom. The molecule has 4 rings (SSSR count). The molecule has 7 heteroatoms. The first-order valence-electron chi connectivity index (χ1n) is 8.40. The van der Waals surface area contributed by atoms with Crippen LogP contribution in [0.3, 0.4) is 0 Å². The predicted molar refractivity (Wildman–Crippen MR) is 109 cm³/mol. The van der Waals surface area contributed by atoms with Crippen LogP contribution in [0.1, 0.15) is 15.9 Å². The second kappa shape index (κ2) is 7.58. The molecule has 0 aliphatic heterocycles. The van der Waals surface area contributed by atoms with Gasteiger partial charge >= 0.3 is 0 Å². The fraction of sp³-hybridized carbons (Fsp3) is 0.0476. The van der Waals surface area contributed by atoms with Crippen LogP contribution in [0, 0.1) is 5.82 Å². The molecule has 0 atom stereocenters. The molecule has 0 saturated heterocycles. The van der Waals surface area contributed by atoms with Gasteiger partial charge in [-0.1, -0.05) is 29.8 Å². The number of carbonyl (C=O) groups is 1. The number of rotatable bonds is 4. The quantitative estimate of drug-likeness (QED) is 0.472. The highest BCUT2D eigenvalue weighted by Crippen LogP contribution is 2.36. The van der Waals surface area contributed by atoms with Crippen molar-refractivity contribution in [1.29, 1.82) is 0 Å². The third-order valence-electron chi connectivity index (χ3n) is 4.31. The van der Waals surface area contributed by atoms with Gasteiger partial charge in [-0.2, -0.15) is 0 Å². The topological polar surface area (TPSA) is 62.2 Å². The first-order valence-corrected chi connectivity index (χ1v) is 9.66. The Bertz CT molecular complexity index is 1160. The molecule has 0 fully saturated rings. The van der Waals surface area contributed by atoms with Crippen molar-refractivity contribution in [2.75, 3.05) is 0 Å². The van der Waals surface area contributed by atoms with E-state index in [1.54, 1.807) is 24.3 Å². The number of halogens is 2. The fourth-order valence-corrected chi connectivity index (χ4v) is 3.79. The van der Waals surface area contributed by atoms with Crippen LogP contribution in [0.5, 0.6) is 5.75 Å². The molecule has 0 aliphatic rings. The lowest BCUT2D eigenvalue weighted by atomic mass is 10.0. The largest absolute Gasteiger partial charge is 0.506 e. The monoisotopic (exact) mass is 412 g/mol. The second-order valence-corrected chi connectivity index (χ2v) is 7.54. The van der Waals surface area contributed by atoms with E-state index in [4.69, 9.17) is 11.6 Å². The van der Waals surface area contributed by atoms with Crippen molar-refractivity contribution >= 4 is 39.7 Å². The van der Waals surface area contributed by atoms with Crippen LogP contribution < -0.4 is 5.32 Å². The number of thiophene rings is 1. The highest BCUT2D eigenvalue weighted by molar-refractivity contribution is 7.13. The van der Waals surface area contributed by atoms with E-state index >= 15 is 0 Å². The summed E-state index contributed by atoms with van der Waals surface area (Å²) in [5, 5.41) is 16.0. The zero-order valence-corrected chi connectivity index (χ0v) is 16.0. The molecular weight excluding hydrogens is 399 g/mol. The number of fused-ring (bicyclic) bond motifs is 1. The van der Waals surface area contributed by atoms with Gasteiger partial charge < -0.3 is 10.4 Å². The average molecular weight is 413 g/mol. The minimum absolute atomic E-state index is 0.0100. The van der Waals surface area contributed by atoms with Crippen LogP contribution >= 0.6 is 22.9 Å². The van der Waals surface area contributed by atoms with Gasteiger partial charge in [-0.25, -0.2) is 4.39 Å². The van der Waals surface area contributed by atoms with Gasteiger partial charge in [0.25, 0.3) is 5.91 Å². The fourth-order valence-electron chi connectivity index (χ4n) is 2.92. The van der Waals surface area contributed by atoms with Gasteiger partial charge in [0, 0.05) is 33.6 Å². The number of nitrogens with one attached hydrogen (secondary N) is 1. The maximum atomic E-state index is 14.2. The van der Waals surface area contributed by atoms with E-state index in [0.29, 0.717) is 16.1 Å². The first kappa shape index (κ1) is 18.4. The smallest absolute Gasteiger partial charge is 0.256 e. The van der Waals surface area contributed by atoms with Crippen molar-refractivity contribution in [3.63, 3.8) is 0 Å². The molecule has 2 N–H and O–H groups in total. The summed E-state index contributed by atoms with van der Waals surface area (Å²) < 4.78 is 14.2.